The molecule has 0 bridgehead atoms. The Kier molecular flexibility index (Phi) is 3.99. The van der Waals surface area contributed by atoms with Crippen LogP contribution in [0.2, 0.25) is 8.67 Å². The van der Waals surface area contributed by atoms with Gasteiger partial charge in [0.2, 0.25) is 5.76 Å². The van der Waals surface area contributed by atoms with E-state index in [1.807, 2.05) is 0 Å². The molecule has 3 rings (SSSR count). The first-order chi connectivity index (χ1) is 10.0. The van der Waals surface area contributed by atoms with Crippen molar-refractivity contribution < 1.29 is 9.32 Å². The molecule has 21 heavy (non-hydrogen) atoms. The van der Waals surface area contributed by atoms with Crippen molar-refractivity contribution in [3.05, 3.63) is 37.6 Å². The molecular formula is C12H7Cl2N3O2S2. The number of hydrogen-bond acceptors (Lipinski definition) is 6. The lowest BCUT2D eigenvalue weighted by atomic mass is 10.3. The van der Waals surface area contributed by atoms with Crippen molar-refractivity contribution in [3.8, 4) is 11.3 Å². The Balaban J connectivity index is 1.79. The number of rotatable bonds is 3. The number of nitrogens with zero attached hydrogens (tertiary/aromatic N) is 2. The molecule has 5 nitrogen and oxygen atoms in total. The molecule has 0 spiro atoms. The predicted octanol–water partition coefficient (Wildman–Crippen LogP) is 4.73. The van der Waals surface area contributed by atoms with Crippen molar-refractivity contribution in [2.24, 2.45) is 0 Å². The number of hydrogen-bond donors (Lipinski definition) is 1. The summed E-state index contributed by atoms with van der Waals surface area (Å²) in [6.07, 6.45) is 0. The van der Waals surface area contributed by atoms with E-state index >= 15 is 0 Å². The second kappa shape index (κ2) is 5.76. The van der Waals surface area contributed by atoms with Crippen LogP contribution in [0.1, 0.15) is 16.2 Å². The zero-order valence-electron chi connectivity index (χ0n) is 10.5. The molecule has 0 radical (unpaired) electrons. The van der Waals surface area contributed by atoms with E-state index in [4.69, 9.17) is 27.7 Å². The van der Waals surface area contributed by atoms with Crippen LogP contribution in [0.3, 0.4) is 0 Å². The van der Waals surface area contributed by atoms with Gasteiger partial charge in [0.25, 0.3) is 5.91 Å². The van der Waals surface area contributed by atoms with Crippen LogP contribution in [0.5, 0.6) is 0 Å². The maximum absolute atomic E-state index is 11.9. The van der Waals surface area contributed by atoms with E-state index < -0.39 is 5.91 Å². The highest BCUT2D eigenvalue weighted by Crippen LogP contribution is 2.38. The summed E-state index contributed by atoms with van der Waals surface area (Å²) in [4.78, 5) is 16.2. The molecule has 0 aliphatic heterocycles. The number of aryl methyl sites for hydroxylation is 1. The molecule has 0 unspecified atom stereocenters. The summed E-state index contributed by atoms with van der Waals surface area (Å²) in [5.74, 6) is -0.258. The molecule has 0 aromatic carbocycles. The Morgan fingerprint density at radius 3 is 2.81 bits per heavy atom. The van der Waals surface area contributed by atoms with Crippen LogP contribution >= 0.6 is 45.9 Å². The standard InChI is InChI=1S/C12H7Cl2N3O2S2/c1-5-2-8(19-17-5)11(18)16-12-15-7(4-20-12)6-3-9(13)21-10(6)14/h2-4H,1H3,(H,15,16,18). The number of aromatic nitrogens is 2. The highest BCUT2D eigenvalue weighted by atomic mass is 35.5. The summed E-state index contributed by atoms with van der Waals surface area (Å²) in [6.45, 7) is 1.74. The molecule has 0 saturated carbocycles. The molecule has 108 valence electrons. The largest absolute Gasteiger partial charge is 0.351 e. The van der Waals surface area contributed by atoms with Crippen LogP contribution in [0.25, 0.3) is 11.3 Å². The number of carbonyl (C=O) groups is 1. The van der Waals surface area contributed by atoms with Crippen LogP contribution in [0.4, 0.5) is 5.13 Å². The Morgan fingerprint density at radius 1 is 1.38 bits per heavy atom. The summed E-state index contributed by atoms with van der Waals surface area (Å²) in [7, 11) is 0. The quantitative estimate of drug-likeness (QED) is 0.733. The SMILES string of the molecule is Cc1cc(C(=O)Nc2nc(-c3cc(Cl)sc3Cl)cs2)on1. The van der Waals surface area contributed by atoms with Crippen molar-refractivity contribution in [3.63, 3.8) is 0 Å². The van der Waals surface area contributed by atoms with Gasteiger partial charge in [-0.05, 0) is 13.0 Å². The predicted molar refractivity (Wildman–Crippen MR) is 84.6 cm³/mol. The van der Waals surface area contributed by atoms with Crippen molar-refractivity contribution >= 4 is 56.9 Å². The minimum absolute atomic E-state index is 0.140. The zero-order valence-corrected chi connectivity index (χ0v) is 13.7. The van der Waals surface area contributed by atoms with E-state index in [1.54, 1.807) is 24.4 Å². The molecule has 0 aliphatic rings. The second-order valence-corrected chi connectivity index (χ2v) is 7.21. The van der Waals surface area contributed by atoms with Gasteiger partial charge in [-0.2, -0.15) is 0 Å². The van der Waals surface area contributed by atoms with E-state index in [1.165, 1.54) is 22.7 Å². The van der Waals surface area contributed by atoms with Gasteiger partial charge in [0.15, 0.2) is 5.13 Å². The lowest BCUT2D eigenvalue weighted by Gasteiger charge is -1.96. The molecule has 9 heteroatoms. The number of carbonyl (C=O) groups excluding carboxylic acids is 1. The summed E-state index contributed by atoms with van der Waals surface area (Å²) < 4.78 is 6.04. The molecular weight excluding hydrogens is 353 g/mol. The maximum Gasteiger partial charge on any atom is 0.296 e. The van der Waals surface area contributed by atoms with Gasteiger partial charge >= 0.3 is 0 Å². The van der Waals surface area contributed by atoms with Gasteiger partial charge in [0, 0.05) is 17.0 Å². The summed E-state index contributed by atoms with van der Waals surface area (Å²) in [6, 6.07) is 3.30. The van der Waals surface area contributed by atoms with Crippen LogP contribution in [-0.2, 0) is 0 Å². The first-order valence-corrected chi connectivity index (χ1v) is 8.13. The topological polar surface area (TPSA) is 68.0 Å². The smallest absolute Gasteiger partial charge is 0.296 e. The Labute approximate surface area is 137 Å². The van der Waals surface area contributed by atoms with Gasteiger partial charge in [0.1, 0.15) is 4.34 Å². The molecule has 0 atom stereocenters. The van der Waals surface area contributed by atoms with Gasteiger partial charge < -0.3 is 4.52 Å². The molecule has 0 fully saturated rings. The Bertz CT molecular complexity index is 809. The van der Waals surface area contributed by atoms with Gasteiger partial charge in [-0.25, -0.2) is 4.98 Å². The summed E-state index contributed by atoms with van der Waals surface area (Å²) >= 11 is 14.6. The van der Waals surface area contributed by atoms with Crippen LogP contribution in [0, 0.1) is 6.92 Å². The molecule has 3 heterocycles. The fraction of sp³-hybridized carbons (Fsp3) is 0.0833. The lowest BCUT2D eigenvalue weighted by Crippen LogP contribution is -2.10. The lowest BCUT2D eigenvalue weighted by molar-refractivity contribution is 0.0988. The second-order valence-electron chi connectivity index (χ2n) is 4.06. The van der Waals surface area contributed by atoms with Crippen LogP contribution in [0.15, 0.2) is 22.0 Å². The third-order valence-electron chi connectivity index (χ3n) is 2.51. The molecule has 3 aromatic rings. The van der Waals surface area contributed by atoms with Crippen molar-refractivity contribution in [2.45, 2.75) is 6.92 Å². The molecule has 3 aromatic heterocycles. The number of thiophene rings is 1. The van der Waals surface area contributed by atoms with Crippen LogP contribution in [-0.4, -0.2) is 16.0 Å². The molecule has 1 N–H and O–H groups in total. The van der Waals surface area contributed by atoms with Crippen molar-refractivity contribution in [1.82, 2.24) is 10.1 Å². The number of thiazole rings is 1. The van der Waals surface area contributed by atoms with Gasteiger partial charge in [-0.3, -0.25) is 10.1 Å². The number of nitrogens with one attached hydrogen (secondary N) is 1. The summed E-state index contributed by atoms with van der Waals surface area (Å²) in [5, 5.41) is 8.56. The van der Waals surface area contributed by atoms with Gasteiger partial charge in [0.05, 0.1) is 15.7 Å². The normalized spacial score (nSPS) is 10.8. The zero-order chi connectivity index (χ0) is 15.0. The third kappa shape index (κ3) is 3.11. The minimum Gasteiger partial charge on any atom is -0.351 e. The number of amides is 1. The average Bonchev–Trinajstić information content (AvgIpc) is 3.10. The molecule has 0 saturated heterocycles. The first kappa shape index (κ1) is 14.5. The Morgan fingerprint density at radius 2 is 2.19 bits per heavy atom. The van der Waals surface area contributed by atoms with Gasteiger partial charge in [-0.15, -0.1) is 22.7 Å². The summed E-state index contributed by atoms with van der Waals surface area (Å²) in [5.41, 5.74) is 2.05. The molecule has 1 amide bonds. The highest BCUT2D eigenvalue weighted by molar-refractivity contribution is 7.20. The van der Waals surface area contributed by atoms with E-state index in [0.717, 1.165) is 5.56 Å². The maximum atomic E-state index is 11.9. The van der Waals surface area contributed by atoms with E-state index in [2.05, 4.69) is 15.5 Å². The van der Waals surface area contributed by atoms with Crippen molar-refractivity contribution in [2.75, 3.05) is 5.32 Å². The molecule has 0 aliphatic carbocycles. The minimum atomic E-state index is -0.397. The average molecular weight is 360 g/mol. The highest BCUT2D eigenvalue weighted by Gasteiger charge is 2.16. The number of anilines is 1. The fourth-order valence-corrected chi connectivity index (χ4v) is 3.79. The van der Waals surface area contributed by atoms with E-state index in [9.17, 15) is 4.79 Å². The fourth-order valence-electron chi connectivity index (χ4n) is 1.60. The first-order valence-electron chi connectivity index (χ1n) is 5.68. The van der Waals surface area contributed by atoms with E-state index in [-0.39, 0.29) is 5.76 Å². The van der Waals surface area contributed by atoms with Gasteiger partial charge in [-0.1, -0.05) is 28.4 Å². The van der Waals surface area contributed by atoms with E-state index in [0.29, 0.717) is 25.2 Å². The Hall–Kier alpha value is -1.41. The monoisotopic (exact) mass is 359 g/mol. The van der Waals surface area contributed by atoms with Crippen LogP contribution < -0.4 is 5.32 Å². The third-order valence-corrected chi connectivity index (χ3v) is 4.75. The number of halogens is 2. The van der Waals surface area contributed by atoms with Crippen molar-refractivity contribution in [1.29, 1.82) is 0 Å².